The van der Waals surface area contributed by atoms with Crippen molar-refractivity contribution in [1.82, 2.24) is 0 Å². The number of hydrogen-bond acceptors (Lipinski definition) is 2. The van der Waals surface area contributed by atoms with Gasteiger partial charge in [0.05, 0.1) is 0 Å². The fraction of sp³-hybridized carbons (Fsp3) is 0.833. The van der Waals surface area contributed by atoms with Crippen molar-refractivity contribution >= 4 is 30.8 Å². The molecule has 0 radical (unpaired) electrons. The third-order valence-electron chi connectivity index (χ3n) is 3.36. The van der Waals surface area contributed by atoms with E-state index in [1.807, 2.05) is 0 Å². The number of aliphatic carboxylic acids is 2. The molecule has 96 valence electrons. The summed E-state index contributed by atoms with van der Waals surface area (Å²) in [7, 11) is 0. The Morgan fingerprint density at radius 1 is 1.12 bits per heavy atom. The van der Waals surface area contributed by atoms with Crippen molar-refractivity contribution in [1.29, 1.82) is 0 Å². The standard InChI is InChI=1S/C12H22O4.Li.H/c1-4-5-6-7-8-9(2)12(3,10(13)14)11(15)16;;/h9H,4-8H2,1-3H3,(H,13,14)(H,15,16);;. The maximum atomic E-state index is 11.0. The van der Waals surface area contributed by atoms with Gasteiger partial charge in [-0.3, -0.25) is 9.59 Å². The molecular weight excluding hydrogens is 215 g/mol. The van der Waals surface area contributed by atoms with Crippen LogP contribution in [0.5, 0.6) is 0 Å². The molecule has 0 amide bonds. The van der Waals surface area contributed by atoms with E-state index in [2.05, 4.69) is 6.92 Å². The molecule has 0 rings (SSSR count). The third kappa shape index (κ3) is 5.14. The quantitative estimate of drug-likeness (QED) is 0.386. The Morgan fingerprint density at radius 3 is 1.94 bits per heavy atom. The van der Waals surface area contributed by atoms with Crippen molar-refractivity contribution in [3.8, 4) is 0 Å². The van der Waals surface area contributed by atoms with Crippen LogP contribution in [0.4, 0.5) is 0 Å². The number of unbranched alkanes of at least 4 members (excludes halogenated alkanes) is 3. The molecular formula is C12H23LiO4. The summed E-state index contributed by atoms with van der Waals surface area (Å²) < 4.78 is 0. The molecule has 4 nitrogen and oxygen atoms in total. The molecule has 2 N–H and O–H groups in total. The second-order valence-electron chi connectivity index (χ2n) is 4.56. The van der Waals surface area contributed by atoms with Gasteiger partial charge in [0.15, 0.2) is 5.41 Å². The zero-order chi connectivity index (χ0) is 12.8. The molecule has 1 unspecified atom stereocenters. The molecule has 1 atom stereocenters. The summed E-state index contributed by atoms with van der Waals surface area (Å²) in [4.78, 5) is 22.0. The van der Waals surface area contributed by atoms with Gasteiger partial charge in [-0.15, -0.1) is 0 Å². The second-order valence-corrected chi connectivity index (χ2v) is 4.56. The van der Waals surface area contributed by atoms with Gasteiger partial charge in [0.1, 0.15) is 0 Å². The topological polar surface area (TPSA) is 74.6 Å². The first-order valence-corrected chi connectivity index (χ1v) is 5.84. The van der Waals surface area contributed by atoms with E-state index in [1.165, 1.54) is 6.92 Å². The Bertz CT molecular complexity index is 239. The number of carboxylic acids is 2. The summed E-state index contributed by atoms with van der Waals surface area (Å²) in [5, 5.41) is 18.0. The van der Waals surface area contributed by atoms with E-state index in [9.17, 15) is 9.59 Å². The van der Waals surface area contributed by atoms with E-state index in [0.29, 0.717) is 6.42 Å². The van der Waals surface area contributed by atoms with Gasteiger partial charge in [-0.2, -0.15) is 0 Å². The van der Waals surface area contributed by atoms with E-state index < -0.39 is 17.4 Å². The van der Waals surface area contributed by atoms with Gasteiger partial charge in [0.25, 0.3) is 0 Å². The zero-order valence-electron chi connectivity index (χ0n) is 10.3. The van der Waals surface area contributed by atoms with E-state index in [4.69, 9.17) is 10.2 Å². The first kappa shape index (κ1) is 18.9. The number of hydrogen-bond donors (Lipinski definition) is 2. The van der Waals surface area contributed by atoms with Crippen LogP contribution in [0.2, 0.25) is 0 Å². The average Bonchev–Trinajstić information content (AvgIpc) is 2.22. The second kappa shape index (κ2) is 8.60. The monoisotopic (exact) mass is 238 g/mol. The Kier molecular flexibility index (Phi) is 9.56. The van der Waals surface area contributed by atoms with Crippen LogP contribution in [0.3, 0.4) is 0 Å². The van der Waals surface area contributed by atoms with Crippen molar-refractivity contribution in [3.63, 3.8) is 0 Å². The summed E-state index contributed by atoms with van der Waals surface area (Å²) in [5.74, 6) is -2.84. The van der Waals surface area contributed by atoms with Crippen molar-refractivity contribution < 1.29 is 19.8 Å². The molecule has 0 aromatic carbocycles. The van der Waals surface area contributed by atoms with Crippen molar-refractivity contribution in [2.45, 2.75) is 52.9 Å². The van der Waals surface area contributed by atoms with Crippen molar-refractivity contribution in [3.05, 3.63) is 0 Å². The number of carboxylic acid groups (broad SMARTS) is 2. The van der Waals surface area contributed by atoms with Crippen LogP contribution in [0.25, 0.3) is 0 Å². The van der Waals surface area contributed by atoms with Crippen LogP contribution in [0.1, 0.15) is 52.9 Å². The summed E-state index contributed by atoms with van der Waals surface area (Å²) in [5.41, 5.74) is -1.66. The molecule has 0 fully saturated rings. The molecule has 0 saturated heterocycles. The molecule has 0 aromatic rings. The molecule has 0 heterocycles. The fourth-order valence-electron chi connectivity index (χ4n) is 1.68. The minimum atomic E-state index is -1.66. The zero-order valence-corrected chi connectivity index (χ0v) is 10.3. The SMILES string of the molecule is CCCCCCC(C)C(C)(C(=O)O)C(=O)O.[LiH]. The molecule has 17 heavy (non-hydrogen) atoms. The van der Waals surface area contributed by atoms with Crippen LogP contribution < -0.4 is 0 Å². The summed E-state index contributed by atoms with van der Waals surface area (Å²) in [6.45, 7) is 5.10. The van der Waals surface area contributed by atoms with Gasteiger partial charge >= 0.3 is 30.8 Å². The molecule has 0 aliphatic rings. The normalized spacial score (nSPS) is 12.6. The fourth-order valence-corrected chi connectivity index (χ4v) is 1.68. The molecule has 0 aromatic heterocycles. The van der Waals surface area contributed by atoms with E-state index in [-0.39, 0.29) is 24.8 Å². The van der Waals surface area contributed by atoms with Gasteiger partial charge < -0.3 is 10.2 Å². The van der Waals surface area contributed by atoms with E-state index in [0.717, 1.165) is 25.7 Å². The first-order chi connectivity index (χ1) is 7.37. The molecule has 5 heteroatoms. The average molecular weight is 238 g/mol. The van der Waals surface area contributed by atoms with Gasteiger partial charge in [0.2, 0.25) is 0 Å². The van der Waals surface area contributed by atoms with E-state index in [1.54, 1.807) is 6.92 Å². The predicted molar refractivity (Wildman–Crippen MR) is 68.5 cm³/mol. The first-order valence-electron chi connectivity index (χ1n) is 5.84. The molecule has 0 aliphatic carbocycles. The summed E-state index contributed by atoms with van der Waals surface area (Å²) in [6.07, 6.45) is 4.81. The molecule has 0 bridgehead atoms. The van der Waals surface area contributed by atoms with Gasteiger partial charge in [-0.25, -0.2) is 0 Å². The molecule has 0 saturated carbocycles. The van der Waals surface area contributed by atoms with Crippen LogP contribution in [0.15, 0.2) is 0 Å². The maximum absolute atomic E-state index is 11.0. The number of carbonyl (C=O) groups is 2. The molecule has 0 spiro atoms. The van der Waals surface area contributed by atoms with Crippen LogP contribution in [-0.2, 0) is 9.59 Å². The van der Waals surface area contributed by atoms with Gasteiger partial charge in [-0.05, 0) is 19.3 Å². The third-order valence-corrected chi connectivity index (χ3v) is 3.36. The predicted octanol–water partition coefficient (Wildman–Crippen LogP) is 2.12. The van der Waals surface area contributed by atoms with Crippen LogP contribution >= 0.6 is 0 Å². The van der Waals surface area contributed by atoms with Crippen LogP contribution in [-0.4, -0.2) is 41.0 Å². The Balaban J connectivity index is 0. The Morgan fingerprint density at radius 2 is 1.59 bits per heavy atom. The van der Waals surface area contributed by atoms with Crippen molar-refractivity contribution in [2.24, 2.45) is 11.3 Å². The summed E-state index contributed by atoms with van der Waals surface area (Å²) >= 11 is 0. The minimum absolute atomic E-state index is 0. The van der Waals surface area contributed by atoms with Crippen molar-refractivity contribution in [2.75, 3.05) is 0 Å². The summed E-state index contributed by atoms with van der Waals surface area (Å²) in [6, 6.07) is 0. The van der Waals surface area contributed by atoms with Gasteiger partial charge in [0, 0.05) is 0 Å². The Hall–Kier alpha value is -0.463. The Labute approximate surface area is 115 Å². The molecule has 0 aliphatic heterocycles. The van der Waals surface area contributed by atoms with Gasteiger partial charge in [-0.1, -0.05) is 39.5 Å². The van der Waals surface area contributed by atoms with E-state index >= 15 is 0 Å². The van der Waals surface area contributed by atoms with Crippen LogP contribution in [0, 0.1) is 11.3 Å². The number of rotatable bonds is 8.